The number of hydrogen-bond acceptors (Lipinski definition) is 52. The molecule has 0 saturated carbocycles. The maximum absolute atomic E-state index is 15.9. The first-order valence-corrected chi connectivity index (χ1v) is 48.4. The Labute approximate surface area is 748 Å². The Balaban J connectivity index is 0.000000126. The smallest absolute Gasteiger partial charge is 0.387 e. The maximum Gasteiger partial charge on any atom is 0.472 e. The Morgan fingerprint density at radius 2 is 0.706 bits per heavy atom. The summed E-state index contributed by atoms with van der Waals surface area (Å²) in [4.78, 5) is 164. The Morgan fingerprint density at radius 3 is 1.15 bits per heavy atom. The van der Waals surface area contributed by atoms with Crippen molar-refractivity contribution in [2.45, 2.75) is 147 Å². The van der Waals surface area contributed by atoms with Crippen molar-refractivity contribution in [1.82, 2.24) is 112 Å². The third-order valence-electron chi connectivity index (χ3n) is 22.8. The number of nitrogen functional groups attached to an aromatic ring is 6. The van der Waals surface area contributed by atoms with Crippen molar-refractivity contribution in [1.29, 1.82) is 0 Å². The van der Waals surface area contributed by atoms with Gasteiger partial charge in [0.15, 0.2) is 100.0 Å². The zero-order chi connectivity index (χ0) is 95.8. The fraction of sp³-hybridized carbons (Fsp3) is 0.500. The van der Waals surface area contributed by atoms with E-state index in [1.165, 1.54) is 34.3 Å². The summed E-state index contributed by atoms with van der Waals surface area (Å²) in [5.41, 5.74) is 30.8. The molecule has 10 aliphatic heterocycles. The van der Waals surface area contributed by atoms with Crippen LogP contribution in [0.2, 0.25) is 0 Å². The molecule has 0 spiro atoms. The molecule has 0 aromatic carbocycles. The van der Waals surface area contributed by atoms with Crippen LogP contribution in [0.25, 0.3) is 66.9 Å². The summed E-state index contributed by atoms with van der Waals surface area (Å²) in [7, 11) is -30.5. The highest BCUT2D eigenvalue weighted by Gasteiger charge is 2.67. The van der Waals surface area contributed by atoms with E-state index in [2.05, 4.69) is 84.7 Å². The number of nitrogens with one attached hydrogen (secondary N) is 3. The number of aromatic amines is 3. The van der Waals surface area contributed by atoms with E-state index in [0.29, 0.717) is 5.39 Å². The van der Waals surface area contributed by atoms with Gasteiger partial charge in [-0.05, 0) is 6.07 Å². The lowest BCUT2D eigenvalue weighted by atomic mass is 10.0. The van der Waals surface area contributed by atoms with E-state index in [-0.39, 0.29) is 103 Å². The molecule has 74 heteroatoms. The SMILES string of the molecule is Nc1nc2c(ncn2[C@@H]2O[C@@H]3COP(=O)(O)O[C@@H]4C(F)[C@H](n5cnc6c(N)ncnc65)O[C@@H]4COP(=O)(O)OC2[C@H]3O)c(=O)[nH]1.Nc1nc2c(ncn2[C@@H]2O[C@@H]3COP(=O)(O)O[C@@H]4C(O)[C@H](n5ccc6c(N)ncnc65)O[C@@H]4COP(=O)(O)OC2[C@H]3O)c(=O)[nH]1.Nc1nc2c(ncn2[C@@H]2O[C@@H]3COP(=O)(O)O[C@@H]4C5OC[C@]4(COP(=O)(O)OC2[C@H]3O)O[C@H]5n2cnc3c(N)ncnc32)c(=O)[nH]1. The second-order valence-electron chi connectivity index (χ2n) is 31.2. The summed E-state index contributed by atoms with van der Waals surface area (Å²) in [6.07, 6.45) is -25.5. The number of ether oxygens (including phenoxy) is 7. The van der Waals surface area contributed by atoms with Gasteiger partial charge in [0.25, 0.3) is 16.7 Å². The quantitative estimate of drug-likeness (QED) is 0.0693. The molecule has 12 aromatic heterocycles. The standard InChI is InChI=1S/C21H24N10O13P2.C21H25N9O13P2.C20H23FN10O12P2/c22-14-8-15(25-4-24-14)30(5-26-8)19-12-13-21(42-19,2-38-12)3-40-46(36,37)43-11-10(32)7(1-39-45(34,35)44-13)41-18(11)31-6-27-9-16(31)28-20(23)29-17(9)33;22-15-7-1-2-29(16(7)25-5-24-15)19-12(32)13-9(41-19)4-39-45(36,37)43-14-11(31)8(3-38-44(34,35)42-13)40-20(14)30-6-26-10-17(30)27-21(23)28-18(10)33;21-8-12-7(41-18(8)30-4-26-9-14(22)24-3-25-15(9)30)2-39-45(36,37)43-13-11(32)6(1-38-44(34,35)42-12)40-19(13)31-5-27-10-16(31)28-20(23)29-17(10)33/h4-7,10-13,18-19,32H,1-3H2,(H,34,35)(H,36,37)(H2,22,24,25)(H3,23,28,29,33);1-2,5-6,8-9,11-14,19-20,31-32H,3-4H2,(H,34,35)(H,36,37)(H2,22,24,25)(H3,23,27,28,33);3-8,11-13,18-19,32H,1-2H2,(H,34,35)(H,36,37)(H2,22,24,25)(H3,23,28,29,33)/t7-,10+,11?,12?,13-,18-,19-,21-;8-,9-,11+,12?,13+,14?,19-,20-;6-,7-,8?,11+,12+,13?,18-,19-/m111/s1. The highest BCUT2D eigenvalue weighted by molar-refractivity contribution is 7.48. The molecular formula is C62H72FN29O38P6. The van der Waals surface area contributed by atoms with Crippen molar-refractivity contribution in [3.05, 3.63) is 93.9 Å². The summed E-state index contributed by atoms with van der Waals surface area (Å²) in [6, 6.07) is 1.56. The molecule has 25 N–H and O–H groups in total. The number of aliphatic hydroxyl groups excluding tert-OH is 4. The molecule has 22 rings (SSSR count). The largest absolute Gasteiger partial charge is 0.472 e. The summed E-state index contributed by atoms with van der Waals surface area (Å²) in [5.74, 6) is -0.617. The van der Waals surface area contributed by atoms with Crippen LogP contribution >= 0.6 is 46.9 Å². The van der Waals surface area contributed by atoms with Gasteiger partial charge in [-0.25, -0.2) is 86.6 Å². The molecular weight excluding hydrogens is 1960 g/mol. The minimum Gasteiger partial charge on any atom is -0.387 e. The normalized spacial score (nSPS) is 38.4. The second kappa shape index (κ2) is 34.7. The van der Waals surface area contributed by atoms with E-state index in [1.807, 2.05) is 0 Å². The van der Waals surface area contributed by atoms with E-state index in [0.717, 1.165) is 49.9 Å². The second-order valence-corrected chi connectivity index (χ2v) is 39.7. The molecule has 67 nitrogen and oxygen atoms in total. The zero-order valence-electron chi connectivity index (χ0n) is 67.9. The highest BCUT2D eigenvalue weighted by atomic mass is 31.2. The van der Waals surface area contributed by atoms with Crippen molar-refractivity contribution in [3.8, 4) is 0 Å². The zero-order valence-corrected chi connectivity index (χ0v) is 73.2. The van der Waals surface area contributed by atoms with E-state index in [4.69, 9.17) is 122 Å². The van der Waals surface area contributed by atoms with Gasteiger partial charge in [0.2, 0.25) is 17.8 Å². The van der Waals surface area contributed by atoms with Gasteiger partial charge in [-0.3, -0.25) is 106 Å². The number of H-pyrrole nitrogens is 3. The molecule has 8 bridgehead atoms. The van der Waals surface area contributed by atoms with Crippen molar-refractivity contribution >= 4 is 149 Å². The highest BCUT2D eigenvalue weighted by Crippen LogP contribution is 2.61. The number of fused-ring (bicyclic) bond motifs is 14. The first-order chi connectivity index (χ1) is 64.5. The molecule has 0 radical (unpaired) electrons. The van der Waals surface area contributed by atoms with Crippen LogP contribution in [0.1, 0.15) is 37.4 Å². The van der Waals surface area contributed by atoms with Crippen LogP contribution in [-0.4, -0.2) is 318 Å². The van der Waals surface area contributed by atoms with E-state index in [1.54, 1.807) is 6.07 Å². The lowest BCUT2D eigenvalue weighted by Gasteiger charge is -2.32. The summed E-state index contributed by atoms with van der Waals surface area (Å²) < 4.78 is 206. The van der Waals surface area contributed by atoms with Crippen LogP contribution < -0.4 is 51.1 Å². The maximum atomic E-state index is 15.9. The van der Waals surface area contributed by atoms with Gasteiger partial charge in [0.05, 0.1) is 83.3 Å². The van der Waals surface area contributed by atoms with Gasteiger partial charge in [-0.2, -0.15) is 15.0 Å². The molecule has 10 aliphatic rings. The number of anilines is 6. The number of hydrogen-bond donors (Lipinski definition) is 19. The molecule has 12 unspecified atom stereocenters. The van der Waals surface area contributed by atoms with Gasteiger partial charge in [-0.1, -0.05) is 0 Å². The molecule has 10 fully saturated rings. The number of nitrogens with zero attached hydrogens (tertiary/aromatic N) is 20. The summed E-state index contributed by atoms with van der Waals surface area (Å²) in [5, 5.41) is 44.6. The lowest BCUT2D eigenvalue weighted by Crippen LogP contribution is -2.45. The van der Waals surface area contributed by atoms with Crippen molar-refractivity contribution in [2.24, 2.45) is 0 Å². The van der Waals surface area contributed by atoms with E-state index < -0.39 is 250 Å². The van der Waals surface area contributed by atoms with Gasteiger partial charge < -0.3 is 122 Å². The molecule has 10 saturated heterocycles. The van der Waals surface area contributed by atoms with Crippen LogP contribution in [0, 0.1) is 0 Å². The topological polar surface area (TPSA) is 945 Å². The molecule has 0 amide bonds. The number of aromatic nitrogens is 23. The predicted molar refractivity (Wildman–Crippen MR) is 434 cm³/mol. The average Bonchev–Trinajstić information content (AvgIpc) is 1.55. The van der Waals surface area contributed by atoms with E-state index >= 15 is 4.39 Å². The molecule has 30 atom stereocenters. The molecule has 12 aromatic rings. The van der Waals surface area contributed by atoms with Crippen LogP contribution in [0.3, 0.4) is 0 Å². The monoisotopic (exact) mass is 2040 g/mol. The number of halogens is 1. The lowest BCUT2D eigenvalue weighted by molar-refractivity contribution is -0.184. The van der Waals surface area contributed by atoms with Crippen molar-refractivity contribution < 1.29 is 169 Å². The number of rotatable bonds is 6. The average molecular weight is 2040 g/mol. The number of alkyl halides is 1. The Kier molecular flexibility index (Phi) is 23.8. The fourth-order valence-electron chi connectivity index (χ4n) is 16.7. The van der Waals surface area contributed by atoms with Gasteiger partial charge in [-0.15, -0.1) is 0 Å². The van der Waals surface area contributed by atoms with Crippen molar-refractivity contribution in [2.75, 3.05) is 80.7 Å². The van der Waals surface area contributed by atoms with Crippen LogP contribution in [-0.2, 0) is 115 Å². The number of phosphoric acid groups is 6. The minimum absolute atomic E-state index is 0.00648. The molecule has 730 valence electrons. The number of nitrogens with two attached hydrogens (primary N) is 6. The van der Waals surface area contributed by atoms with Crippen LogP contribution in [0.15, 0.2) is 77.3 Å². The minimum atomic E-state index is -5.15. The molecule has 136 heavy (non-hydrogen) atoms. The first kappa shape index (κ1) is 93.4. The van der Waals surface area contributed by atoms with Crippen molar-refractivity contribution in [3.63, 3.8) is 0 Å². The molecule has 0 aliphatic carbocycles. The van der Waals surface area contributed by atoms with Crippen LogP contribution in [0.4, 0.5) is 39.7 Å². The van der Waals surface area contributed by atoms with Gasteiger partial charge in [0.1, 0.15) is 145 Å². The van der Waals surface area contributed by atoms with E-state index in [9.17, 15) is 91.6 Å². The number of imidazole rings is 5. The molecule has 22 heterocycles. The Bertz CT molecular complexity index is 6940. The van der Waals surface area contributed by atoms with Crippen LogP contribution in [0.5, 0.6) is 0 Å². The van der Waals surface area contributed by atoms with Gasteiger partial charge >= 0.3 is 46.9 Å². The summed E-state index contributed by atoms with van der Waals surface area (Å²) in [6.45, 7) is -5.22. The third-order valence-corrected chi connectivity index (χ3v) is 28.7. The predicted octanol–water partition coefficient (Wildman–Crippen LogP) is -5.03. The number of phosphoric ester groups is 6. The third kappa shape index (κ3) is 17.1. The first-order valence-electron chi connectivity index (χ1n) is 39.5. The Morgan fingerprint density at radius 1 is 0.360 bits per heavy atom. The van der Waals surface area contributed by atoms with Gasteiger partial charge in [0, 0.05) is 6.20 Å². The Hall–Kier alpha value is -10.3. The number of aliphatic hydroxyl groups is 4. The fourth-order valence-corrected chi connectivity index (χ4v) is 22.4. The summed E-state index contributed by atoms with van der Waals surface area (Å²) >= 11 is 0.